The lowest BCUT2D eigenvalue weighted by Crippen LogP contribution is -2.05. The fraction of sp³-hybridized carbons (Fsp3) is 0.333. The van der Waals surface area contributed by atoms with Gasteiger partial charge in [0.1, 0.15) is 6.33 Å². The molecular weight excluding hydrogens is 258 g/mol. The number of rotatable bonds is 3. The van der Waals surface area contributed by atoms with Crippen LogP contribution in [0.25, 0.3) is 11.2 Å². The van der Waals surface area contributed by atoms with E-state index in [-0.39, 0.29) is 0 Å². The largest absolute Gasteiger partial charge is 0.479 e. The van der Waals surface area contributed by atoms with Crippen molar-refractivity contribution in [3.05, 3.63) is 23.8 Å². The van der Waals surface area contributed by atoms with Gasteiger partial charge < -0.3 is 10.5 Å². The van der Waals surface area contributed by atoms with Gasteiger partial charge >= 0.3 is 0 Å². The molecule has 8 nitrogen and oxygen atoms in total. The van der Waals surface area contributed by atoms with Crippen molar-refractivity contribution in [2.45, 2.75) is 13.5 Å². The molecule has 3 aromatic rings. The highest BCUT2D eigenvalue weighted by molar-refractivity contribution is 5.79. The maximum absolute atomic E-state index is 5.98. The maximum Gasteiger partial charge on any atom is 0.245 e. The second-order valence-electron chi connectivity index (χ2n) is 4.52. The molecule has 0 unspecified atom stereocenters. The molecule has 0 saturated heterocycles. The molecule has 0 aromatic carbocycles. The fourth-order valence-corrected chi connectivity index (χ4v) is 2.21. The molecule has 0 spiro atoms. The molecular formula is C12H15N7O. The van der Waals surface area contributed by atoms with Crippen molar-refractivity contribution in [3.8, 4) is 5.88 Å². The van der Waals surface area contributed by atoms with E-state index in [1.807, 2.05) is 24.7 Å². The van der Waals surface area contributed by atoms with Gasteiger partial charge in [-0.1, -0.05) is 0 Å². The van der Waals surface area contributed by atoms with Crippen molar-refractivity contribution in [2.75, 3.05) is 12.8 Å². The second-order valence-corrected chi connectivity index (χ2v) is 4.52. The number of imidazole rings is 1. The number of hydrogen-bond acceptors (Lipinski definition) is 6. The SMILES string of the molecule is COc1ncnc2c1nc(N)n2Cc1cn(C)nc1C. The first-order valence-corrected chi connectivity index (χ1v) is 6.10. The summed E-state index contributed by atoms with van der Waals surface area (Å²) >= 11 is 0. The molecule has 0 aliphatic carbocycles. The quantitative estimate of drug-likeness (QED) is 0.746. The van der Waals surface area contributed by atoms with E-state index in [9.17, 15) is 0 Å². The fourth-order valence-electron chi connectivity index (χ4n) is 2.21. The zero-order valence-electron chi connectivity index (χ0n) is 11.5. The summed E-state index contributed by atoms with van der Waals surface area (Å²) in [5, 5.41) is 4.32. The van der Waals surface area contributed by atoms with Gasteiger partial charge in [0, 0.05) is 18.8 Å². The number of nitrogen functional groups attached to an aromatic ring is 1. The molecule has 20 heavy (non-hydrogen) atoms. The van der Waals surface area contributed by atoms with Gasteiger partial charge in [-0.05, 0) is 6.92 Å². The predicted octanol–water partition coefficient (Wildman–Crippen LogP) is 0.507. The number of aryl methyl sites for hydroxylation is 2. The third-order valence-electron chi connectivity index (χ3n) is 3.16. The molecule has 0 aliphatic rings. The van der Waals surface area contributed by atoms with Crippen molar-refractivity contribution in [1.29, 1.82) is 0 Å². The van der Waals surface area contributed by atoms with Gasteiger partial charge in [0.05, 0.1) is 19.3 Å². The molecule has 2 N–H and O–H groups in total. The molecule has 8 heteroatoms. The van der Waals surface area contributed by atoms with E-state index in [2.05, 4.69) is 20.1 Å². The third kappa shape index (κ3) is 1.85. The van der Waals surface area contributed by atoms with Crippen LogP contribution in [0.3, 0.4) is 0 Å². The van der Waals surface area contributed by atoms with E-state index < -0.39 is 0 Å². The molecule has 104 valence electrons. The number of fused-ring (bicyclic) bond motifs is 1. The summed E-state index contributed by atoms with van der Waals surface area (Å²) in [6.45, 7) is 2.52. The smallest absolute Gasteiger partial charge is 0.245 e. The van der Waals surface area contributed by atoms with Gasteiger partial charge in [-0.25, -0.2) is 9.97 Å². The lowest BCUT2D eigenvalue weighted by atomic mass is 10.2. The van der Waals surface area contributed by atoms with Crippen molar-refractivity contribution in [1.82, 2.24) is 29.3 Å². The minimum absolute atomic E-state index is 0.377. The maximum atomic E-state index is 5.98. The zero-order valence-corrected chi connectivity index (χ0v) is 11.5. The summed E-state index contributed by atoms with van der Waals surface area (Å²) in [5.74, 6) is 0.797. The van der Waals surface area contributed by atoms with Crippen LogP contribution >= 0.6 is 0 Å². The van der Waals surface area contributed by atoms with Crippen molar-refractivity contribution in [3.63, 3.8) is 0 Å². The minimum Gasteiger partial charge on any atom is -0.479 e. The number of ether oxygens (including phenoxy) is 1. The van der Waals surface area contributed by atoms with Crippen LogP contribution in [0.15, 0.2) is 12.5 Å². The molecule has 0 aliphatic heterocycles. The van der Waals surface area contributed by atoms with Gasteiger partial charge in [-0.15, -0.1) is 0 Å². The summed E-state index contributed by atoms with van der Waals surface area (Å²) in [4.78, 5) is 12.6. The van der Waals surface area contributed by atoms with Crippen molar-refractivity contribution in [2.24, 2.45) is 7.05 Å². The Labute approximate surface area is 115 Å². The van der Waals surface area contributed by atoms with E-state index in [1.54, 1.807) is 11.8 Å². The average Bonchev–Trinajstić information content (AvgIpc) is 2.90. The Morgan fingerprint density at radius 2 is 2.15 bits per heavy atom. The third-order valence-corrected chi connectivity index (χ3v) is 3.16. The second kappa shape index (κ2) is 4.48. The van der Waals surface area contributed by atoms with Gasteiger partial charge in [0.15, 0.2) is 11.2 Å². The Hall–Kier alpha value is -2.64. The number of hydrogen-bond donors (Lipinski definition) is 1. The molecule has 3 aromatic heterocycles. The molecule has 3 rings (SSSR count). The highest BCUT2D eigenvalue weighted by atomic mass is 16.5. The van der Waals surface area contributed by atoms with Crippen LogP contribution in [-0.4, -0.2) is 36.4 Å². The Morgan fingerprint density at radius 3 is 2.80 bits per heavy atom. The first-order chi connectivity index (χ1) is 9.60. The summed E-state index contributed by atoms with van der Waals surface area (Å²) < 4.78 is 8.77. The van der Waals surface area contributed by atoms with E-state index >= 15 is 0 Å². The van der Waals surface area contributed by atoms with Crippen LogP contribution in [0.5, 0.6) is 5.88 Å². The highest BCUT2D eigenvalue weighted by Crippen LogP contribution is 2.23. The summed E-state index contributed by atoms with van der Waals surface area (Å²) in [7, 11) is 3.43. The number of nitrogens with two attached hydrogens (primary N) is 1. The lowest BCUT2D eigenvalue weighted by Gasteiger charge is -2.04. The van der Waals surface area contributed by atoms with E-state index in [4.69, 9.17) is 10.5 Å². The Bertz CT molecular complexity index is 774. The van der Waals surface area contributed by atoms with Gasteiger partial charge in [-0.3, -0.25) is 9.25 Å². The summed E-state index contributed by atoms with van der Waals surface area (Å²) in [6, 6.07) is 0. The standard InChI is InChI=1S/C12H15N7O/c1-7-8(4-18(2)17-7)5-19-10-9(16-12(19)13)11(20-3)15-6-14-10/h4,6H,5H2,1-3H3,(H2,13,16). The first kappa shape index (κ1) is 12.4. The van der Waals surface area contributed by atoms with Gasteiger partial charge in [0.25, 0.3) is 0 Å². The van der Waals surface area contributed by atoms with Crippen LogP contribution in [0.2, 0.25) is 0 Å². The Kier molecular flexibility index (Phi) is 2.78. The van der Waals surface area contributed by atoms with Crippen LogP contribution < -0.4 is 10.5 Å². The number of anilines is 1. The molecule has 0 amide bonds. The van der Waals surface area contributed by atoms with E-state index in [0.717, 1.165) is 11.3 Å². The zero-order chi connectivity index (χ0) is 14.3. The molecule has 0 fully saturated rings. The van der Waals surface area contributed by atoms with Gasteiger partial charge in [0.2, 0.25) is 11.8 Å². The van der Waals surface area contributed by atoms with Crippen LogP contribution in [-0.2, 0) is 13.6 Å². The van der Waals surface area contributed by atoms with Gasteiger partial charge in [-0.2, -0.15) is 10.1 Å². The average molecular weight is 273 g/mol. The van der Waals surface area contributed by atoms with E-state index in [1.165, 1.54) is 6.33 Å². The van der Waals surface area contributed by atoms with Crippen LogP contribution in [0.1, 0.15) is 11.3 Å². The van der Waals surface area contributed by atoms with Crippen molar-refractivity contribution >= 4 is 17.1 Å². The monoisotopic (exact) mass is 273 g/mol. The predicted molar refractivity (Wildman–Crippen MR) is 73.3 cm³/mol. The van der Waals surface area contributed by atoms with Crippen LogP contribution in [0, 0.1) is 6.92 Å². The summed E-state index contributed by atoms with van der Waals surface area (Å²) in [5.41, 5.74) is 9.22. The number of aromatic nitrogens is 6. The molecule has 3 heterocycles. The molecule has 0 radical (unpaired) electrons. The minimum atomic E-state index is 0.377. The molecule has 0 atom stereocenters. The van der Waals surface area contributed by atoms with Crippen molar-refractivity contribution < 1.29 is 4.74 Å². The highest BCUT2D eigenvalue weighted by Gasteiger charge is 2.16. The number of methoxy groups -OCH3 is 1. The summed E-state index contributed by atoms with van der Waals surface area (Å²) in [6.07, 6.45) is 3.40. The van der Waals surface area contributed by atoms with Crippen LogP contribution in [0.4, 0.5) is 5.95 Å². The molecule has 0 saturated carbocycles. The topological polar surface area (TPSA) is 96.7 Å². The normalized spacial score (nSPS) is 11.2. The number of nitrogens with zero attached hydrogens (tertiary/aromatic N) is 6. The Balaban J connectivity index is 2.12. The van der Waals surface area contributed by atoms with E-state index in [0.29, 0.717) is 29.5 Å². The lowest BCUT2D eigenvalue weighted by molar-refractivity contribution is 0.401. The Morgan fingerprint density at radius 1 is 1.35 bits per heavy atom. The molecule has 0 bridgehead atoms. The first-order valence-electron chi connectivity index (χ1n) is 6.10.